The van der Waals surface area contributed by atoms with E-state index < -0.39 is 0 Å². The number of hydrogen-bond donors (Lipinski definition) is 0. The number of fused-ring (bicyclic) bond motifs is 1. The summed E-state index contributed by atoms with van der Waals surface area (Å²) in [7, 11) is 0. The van der Waals surface area contributed by atoms with E-state index in [1.807, 2.05) is 71.3 Å². The molecule has 2 saturated heterocycles. The number of carbonyl (C=O) groups excluding carboxylic acids is 2. The first-order valence-electron chi connectivity index (χ1n) is 10.1. The van der Waals surface area contributed by atoms with E-state index in [-0.39, 0.29) is 17.2 Å². The third kappa shape index (κ3) is 3.16. The number of amides is 2. The van der Waals surface area contributed by atoms with Crippen molar-refractivity contribution in [2.45, 2.75) is 19.8 Å². The highest BCUT2D eigenvalue weighted by molar-refractivity contribution is 5.98. The fourth-order valence-electron chi connectivity index (χ4n) is 4.66. The van der Waals surface area contributed by atoms with Gasteiger partial charge in [0.2, 0.25) is 5.91 Å². The van der Waals surface area contributed by atoms with Gasteiger partial charge in [-0.2, -0.15) is 0 Å². The lowest BCUT2D eigenvalue weighted by atomic mass is 9.86. The molecule has 0 N–H and O–H groups in total. The van der Waals surface area contributed by atoms with Gasteiger partial charge in [-0.1, -0.05) is 36.4 Å². The highest BCUT2D eigenvalue weighted by Gasteiger charge is 2.49. The fraction of sp³-hybridized carbons (Fsp3) is 0.292. The first-order valence-corrected chi connectivity index (χ1v) is 10.1. The number of pyridine rings is 1. The summed E-state index contributed by atoms with van der Waals surface area (Å²) < 4.78 is 0. The highest BCUT2D eigenvalue weighted by atomic mass is 16.2. The predicted molar refractivity (Wildman–Crippen MR) is 113 cm³/mol. The summed E-state index contributed by atoms with van der Waals surface area (Å²) in [5, 5.41) is 1.03. The van der Waals surface area contributed by atoms with Gasteiger partial charge in [-0.05, 0) is 43.2 Å². The molecule has 2 aliphatic rings. The molecule has 146 valence electrons. The first-order chi connectivity index (χ1) is 14.0. The van der Waals surface area contributed by atoms with Gasteiger partial charge in [-0.15, -0.1) is 0 Å². The Hall–Kier alpha value is -3.21. The van der Waals surface area contributed by atoms with Gasteiger partial charge in [-0.3, -0.25) is 9.59 Å². The molecule has 0 aliphatic carbocycles. The minimum atomic E-state index is -0.159. The Balaban J connectivity index is 1.35. The maximum absolute atomic E-state index is 13.1. The predicted octanol–water partition coefficient (Wildman–Crippen LogP) is 3.81. The molecule has 3 aromatic rings. The van der Waals surface area contributed by atoms with E-state index in [1.165, 1.54) is 0 Å². The van der Waals surface area contributed by atoms with Crippen LogP contribution in [0.15, 0.2) is 60.7 Å². The summed E-state index contributed by atoms with van der Waals surface area (Å²) in [5.74, 6) is 0.0998. The van der Waals surface area contributed by atoms with Crippen molar-refractivity contribution < 1.29 is 9.59 Å². The van der Waals surface area contributed by atoms with Crippen molar-refractivity contribution in [2.75, 3.05) is 24.5 Å². The lowest BCUT2D eigenvalue weighted by molar-refractivity contribution is -0.117. The third-order valence-electron chi connectivity index (χ3n) is 6.18. The average Bonchev–Trinajstić information content (AvgIpc) is 3.29. The van der Waals surface area contributed by atoms with Crippen molar-refractivity contribution in [3.05, 3.63) is 71.9 Å². The molecule has 1 atom stereocenters. The van der Waals surface area contributed by atoms with Gasteiger partial charge in [0, 0.05) is 42.5 Å². The quantitative estimate of drug-likeness (QED) is 0.674. The Morgan fingerprint density at radius 3 is 2.76 bits per heavy atom. The Morgan fingerprint density at radius 2 is 1.90 bits per heavy atom. The van der Waals surface area contributed by atoms with E-state index in [9.17, 15) is 9.59 Å². The molecule has 0 radical (unpaired) electrons. The number of aryl methyl sites for hydroxylation is 1. The van der Waals surface area contributed by atoms with E-state index >= 15 is 0 Å². The molecule has 2 fully saturated rings. The molecule has 0 unspecified atom stereocenters. The van der Waals surface area contributed by atoms with Crippen molar-refractivity contribution >= 4 is 28.4 Å². The highest BCUT2D eigenvalue weighted by Crippen LogP contribution is 2.42. The number of aromatic nitrogens is 1. The maximum Gasteiger partial charge on any atom is 0.272 e. The zero-order valence-corrected chi connectivity index (χ0v) is 16.5. The van der Waals surface area contributed by atoms with Crippen LogP contribution in [0.1, 0.15) is 28.9 Å². The summed E-state index contributed by atoms with van der Waals surface area (Å²) in [6, 6.07) is 19.6. The summed E-state index contributed by atoms with van der Waals surface area (Å²) in [6.07, 6.45) is 1.34. The molecule has 3 heterocycles. The van der Waals surface area contributed by atoms with E-state index in [0.29, 0.717) is 31.7 Å². The molecule has 2 aliphatic heterocycles. The number of anilines is 1. The second kappa shape index (κ2) is 6.69. The van der Waals surface area contributed by atoms with Crippen LogP contribution in [-0.4, -0.2) is 41.3 Å². The van der Waals surface area contributed by atoms with E-state index in [0.717, 1.165) is 28.6 Å². The monoisotopic (exact) mass is 385 g/mol. The van der Waals surface area contributed by atoms with Gasteiger partial charge >= 0.3 is 0 Å². The smallest absolute Gasteiger partial charge is 0.272 e. The number of nitrogens with zero attached hydrogens (tertiary/aromatic N) is 3. The summed E-state index contributed by atoms with van der Waals surface area (Å²) in [6.45, 7) is 3.98. The van der Waals surface area contributed by atoms with Crippen LogP contribution in [0.25, 0.3) is 10.9 Å². The van der Waals surface area contributed by atoms with Crippen LogP contribution in [0.3, 0.4) is 0 Å². The molecule has 5 nitrogen and oxygen atoms in total. The zero-order chi connectivity index (χ0) is 20.0. The van der Waals surface area contributed by atoms with Crippen LogP contribution < -0.4 is 4.90 Å². The van der Waals surface area contributed by atoms with Gasteiger partial charge in [-0.25, -0.2) is 4.98 Å². The van der Waals surface area contributed by atoms with Crippen molar-refractivity contribution in [1.82, 2.24) is 9.88 Å². The van der Waals surface area contributed by atoms with E-state index in [1.54, 1.807) is 6.07 Å². The number of likely N-dealkylation sites (tertiary alicyclic amines) is 1. The van der Waals surface area contributed by atoms with Crippen molar-refractivity contribution in [1.29, 1.82) is 0 Å². The topological polar surface area (TPSA) is 53.5 Å². The van der Waals surface area contributed by atoms with Gasteiger partial charge in [0.15, 0.2) is 0 Å². The Morgan fingerprint density at radius 1 is 1.03 bits per heavy atom. The average molecular weight is 385 g/mol. The number of rotatable bonds is 2. The van der Waals surface area contributed by atoms with Crippen LogP contribution in [0.5, 0.6) is 0 Å². The van der Waals surface area contributed by atoms with Gasteiger partial charge in [0.25, 0.3) is 5.91 Å². The molecule has 5 heteroatoms. The molecular weight excluding hydrogens is 362 g/mol. The van der Waals surface area contributed by atoms with Crippen LogP contribution >= 0.6 is 0 Å². The number of hydrogen-bond acceptors (Lipinski definition) is 3. The summed E-state index contributed by atoms with van der Waals surface area (Å²) >= 11 is 0. The van der Waals surface area contributed by atoms with Crippen LogP contribution in [-0.2, 0) is 4.79 Å². The van der Waals surface area contributed by atoms with E-state index in [2.05, 4.69) is 4.98 Å². The van der Waals surface area contributed by atoms with Crippen molar-refractivity contribution in [3.63, 3.8) is 0 Å². The molecule has 2 amide bonds. The number of carbonyl (C=O) groups is 2. The van der Waals surface area contributed by atoms with E-state index in [4.69, 9.17) is 0 Å². The lowest BCUT2D eigenvalue weighted by Gasteiger charge is -2.24. The minimum Gasteiger partial charge on any atom is -0.337 e. The number of para-hydroxylation sites is 1. The molecule has 1 aromatic heterocycles. The lowest BCUT2D eigenvalue weighted by Crippen LogP contribution is -2.34. The molecule has 0 saturated carbocycles. The largest absolute Gasteiger partial charge is 0.337 e. The fourth-order valence-corrected chi connectivity index (χ4v) is 4.66. The van der Waals surface area contributed by atoms with Crippen LogP contribution in [0.4, 0.5) is 5.69 Å². The Kier molecular flexibility index (Phi) is 4.12. The third-order valence-corrected chi connectivity index (χ3v) is 6.18. The van der Waals surface area contributed by atoms with Gasteiger partial charge < -0.3 is 9.80 Å². The second-order valence-electron chi connectivity index (χ2n) is 8.36. The first kappa shape index (κ1) is 17.9. The molecule has 2 aromatic carbocycles. The SMILES string of the molecule is Cc1cccc(N2C[C@]3(CCN(C(=O)c4ccc5ccccc5n4)C3)CC2=O)c1. The Labute approximate surface area is 170 Å². The molecule has 0 bridgehead atoms. The summed E-state index contributed by atoms with van der Waals surface area (Å²) in [5.41, 5.74) is 3.23. The molecule has 1 spiro atoms. The molecule has 5 rings (SSSR count). The Bertz CT molecular complexity index is 1130. The zero-order valence-electron chi connectivity index (χ0n) is 16.5. The van der Waals surface area contributed by atoms with Crippen LogP contribution in [0, 0.1) is 12.3 Å². The van der Waals surface area contributed by atoms with Gasteiger partial charge in [0.1, 0.15) is 5.69 Å². The molecular formula is C24H23N3O2. The normalized spacial score (nSPS) is 21.5. The second-order valence-corrected chi connectivity index (χ2v) is 8.36. The summed E-state index contributed by atoms with van der Waals surface area (Å²) in [4.78, 5) is 34.1. The maximum atomic E-state index is 13.1. The van der Waals surface area contributed by atoms with Crippen LogP contribution in [0.2, 0.25) is 0 Å². The standard InChI is InChI=1S/C24H23N3O2/c1-17-5-4-7-19(13-17)27-16-24(14-22(27)28)11-12-26(15-24)23(29)21-10-9-18-6-2-3-8-20(18)25-21/h2-10,13H,11-12,14-16H2,1H3/t24-/m1/s1. The van der Waals surface area contributed by atoms with Crippen molar-refractivity contribution in [2.24, 2.45) is 5.41 Å². The van der Waals surface area contributed by atoms with Crippen molar-refractivity contribution in [3.8, 4) is 0 Å². The molecule has 29 heavy (non-hydrogen) atoms. The van der Waals surface area contributed by atoms with Gasteiger partial charge in [0.05, 0.1) is 5.52 Å². The minimum absolute atomic E-state index is 0.0471. The number of benzene rings is 2.